The Kier molecular flexibility index (Phi) is 3.59. The van der Waals surface area contributed by atoms with Gasteiger partial charge >= 0.3 is 12.1 Å². The third kappa shape index (κ3) is 3.94. The number of anilines is 1. The third-order valence-electron chi connectivity index (χ3n) is 1.83. The molecular weight excluding hydrogens is 251 g/mol. The summed E-state index contributed by atoms with van der Waals surface area (Å²) in [5.74, 6) is -1.16. The highest BCUT2D eigenvalue weighted by atomic mass is 19.4. The molecule has 0 aliphatic heterocycles. The number of halogens is 3. The maximum Gasteiger partial charge on any atom is 0.408 e. The van der Waals surface area contributed by atoms with E-state index in [2.05, 4.69) is 5.10 Å². The van der Waals surface area contributed by atoms with Gasteiger partial charge < -0.3 is 10.5 Å². The molecule has 0 amide bonds. The Bertz CT molecular complexity index is 446. The van der Waals surface area contributed by atoms with Crippen LogP contribution in [-0.2, 0) is 11.3 Å². The molecule has 0 atom stereocenters. The van der Waals surface area contributed by atoms with E-state index in [-0.39, 0.29) is 11.4 Å². The first-order valence-electron chi connectivity index (χ1n) is 5.11. The molecule has 102 valence electrons. The number of nitrogens with two attached hydrogens (primary N) is 1. The summed E-state index contributed by atoms with van der Waals surface area (Å²) in [4.78, 5) is 11.6. The molecule has 2 N–H and O–H groups in total. The van der Waals surface area contributed by atoms with Crippen LogP contribution in [0.2, 0.25) is 0 Å². The predicted molar refractivity (Wildman–Crippen MR) is 57.9 cm³/mol. The van der Waals surface area contributed by atoms with Gasteiger partial charge in [0.1, 0.15) is 23.5 Å². The molecule has 0 unspecified atom stereocenters. The topological polar surface area (TPSA) is 70.1 Å². The van der Waals surface area contributed by atoms with Crippen LogP contribution in [0, 0.1) is 0 Å². The number of rotatable bonds is 2. The SMILES string of the molecule is CC(C)(C)OC(=O)c1cnn(CC(F)(F)F)c1N. The highest BCUT2D eigenvalue weighted by Crippen LogP contribution is 2.22. The zero-order chi connectivity index (χ0) is 14.1. The molecule has 0 saturated heterocycles. The van der Waals surface area contributed by atoms with E-state index in [9.17, 15) is 18.0 Å². The number of aromatic nitrogens is 2. The molecule has 0 aliphatic carbocycles. The summed E-state index contributed by atoms with van der Waals surface area (Å²) < 4.78 is 42.0. The summed E-state index contributed by atoms with van der Waals surface area (Å²) in [6.07, 6.45) is -3.49. The molecule has 1 heterocycles. The van der Waals surface area contributed by atoms with Gasteiger partial charge in [-0.3, -0.25) is 0 Å². The van der Waals surface area contributed by atoms with Crippen molar-refractivity contribution < 1.29 is 22.7 Å². The smallest absolute Gasteiger partial charge is 0.408 e. The summed E-state index contributed by atoms with van der Waals surface area (Å²) in [6, 6.07) is 0. The van der Waals surface area contributed by atoms with Crippen LogP contribution in [0.3, 0.4) is 0 Å². The third-order valence-corrected chi connectivity index (χ3v) is 1.83. The lowest BCUT2D eigenvalue weighted by atomic mass is 10.2. The Labute approximate surface area is 102 Å². The summed E-state index contributed by atoms with van der Waals surface area (Å²) in [5.41, 5.74) is 4.50. The van der Waals surface area contributed by atoms with E-state index in [0.717, 1.165) is 6.20 Å². The van der Waals surface area contributed by atoms with Crippen molar-refractivity contribution in [3.63, 3.8) is 0 Å². The van der Waals surface area contributed by atoms with Gasteiger partial charge in [-0.05, 0) is 20.8 Å². The fourth-order valence-corrected chi connectivity index (χ4v) is 1.18. The summed E-state index contributed by atoms with van der Waals surface area (Å²) in [6.45, 7) is 3.57. The largest absolute Gasteiger partial charge is 0.456 e. The molecule has 0 fully saturated rings. The number of nitrogens with zero attached hydrogens (tertiary/aromatic N) is 2. The first kappa shape index (κ1) is 14.3. The number of alkyl halides is 3. The lowest BCUT2D eigenvalue weighted by Gasteiger charge is -2.19. The van der Waals surface area contributed by atoms with Gasteiger partial charge in [0.05, 0.1) is 6.20 Å². The fraction of sp³-hybridized carbons (Fsp3) is 0.600. The first-order chi connectivity index (χ1) is 7.99. The number of nitrogen functional groups attached to an aromatic ring is 1. The van der Waals surface area contributed by atoms with Crippen molar-refractivity contribution in [3.05, 3.63) is 11.8 Å². The number of carbonyl (C=O) groups is 1. The van der Waals surface area contributed by atoms with Gasteiger partial charge in [0.15, 0.2) is 0 Å². The Morgan fingerprint density at radius 3 is 2.44 bits per heavy atom. The number of carbonyl (C=O) groups excluding carboxylic acids is 1. The van der Waals surface area contributed by atoms with Gasteiger partial charge in [0.2, 0.25) is 0 Å². The molecule has 1 rings (SSSR count). The van der Waals surface area contributed by atoms with Crippen molar-refractivity contribution in [1.82, 2.24) is 9.78 Å². The predicted octanol–water partition coefficient (Wildman–Crippen LogP) is 1.98. The van der Waals surface area contributed by atoms with Crippen LogP contribution in [0.5, 0.6) is 0 Å². The molecule has 5 nitrogen and oxygen atoms in total. The minimum atomic E-state index is -4.45. The van der Waals surface area contributed by atoms with E-state index in [0.29, 0.717) is 4.68 Å². The maximum atomic E-state index is 12.2. The molecular formula is C10H14F3N3O2. The second-order valence-electron chi connectivity index (χ2n) is 4.72. The van der Waals surface area contributed by atoms with Crippen molar-refractivity contribution in [2.45, 2.75) is 39.1 Å². The van der Waals surface area contributed by atoms with Gasteiger partial charge in [-0.2, -0.15) is 18.3 Å². The van der Waals surface area contributed by atoms with Crippen LogP contribution in [0.15, 0.2) is 6.20 Å². The fourth-order valence-electron chi connectivity index (χ4n) is 1.18. The van der Waals surface area contributed by atoms with Gasteiger partial charge in [0.25, 0.3) is 0 Å². The standard InChI is InChI=1S/C10H14F3N3O2/c1-9(2,3)18-8(17)6-4-15-16(7(6)14)5-10(11,12)13/h4H,5,14H2,1-3H3. The molecule has 0 bridgehead atoms. The molecule has 0 radical (unpaired) electrons. The van der Waals surface area contributed by atoms with Crippen molar-refractivity contribution in [1.29, 1.82) is 0 Å². The molecule has 18 heavy (non-hydrogen) atoms. The molecule has 0 saturated carbocycles. The van der Waals surface area contributed by atoms with Crippen molar-refractivity contribution in [2.75, 3.05) is 5.73 Å². The van der Waals surface area contributed by atoms with E-state index in [1.165, 1.54) is 0 Å². The summed E-state index contributed by atoms with van der Waals surface area (Å²) in [7, 11) is 0. The average Bonchev–Trinajstić information content (AvgIpc) is 2.42. The van der Waals surface area contributed by atoms with Gasteiger partial charge in [-0.1, -0.05) is 0 Å². The van der Waals surface area contributed by atoms with Crippen molar-refractivity contribution in [3.8, 4) is 0 Å². The molecule has 1 aromatic rings. The van der Waals surface area contributed by atoms with E-state index in [1.807, 2.05) is 0 Å². The van der Waals surface area contributed by atoms with Gasteiger partial charge in [-0.15, -0.1) is 0 Å². The summed E-state index contributed by atoms with van der Waals surface area (Å²) in [5, 5.41) is 3.42. The zero-order valence-corrected chi connectivity index (χ0v) is 10.2. The van der Waals surface area contributed by atoms with Crippen LogP contribution in [-0.4, -0.2) is 27.5 Å². The molecule has 0 spiro atoms. The van der Waals surface area contributed by atoms with Crippen molar-refractivity contribution >= 4 is 11.8 Å². The Hall–Kier alpha value is -1.73. The normalized spacial score (nSPS) is 12.6. The van der Waals surface area contributed by atoms with Crippen LogP contribution >= 0.6 is 0 Å². The number of esters is 1. The Morgan fingerprint density at radius 2 is 2.00 bits per heavy atom. The van der Waals surface area contributed by atoms with Crippen LogP contribution in [0.4, 0.5) is 19.0 Å². The average molecular weight is 265 g/mol. The summed E-state index contributed by atoms with van der Waals surface area (Å²) >= 11 is 0. The number of hydrogen-bond donors (Lipinski definition) is 1. The minimum Gasteiger partial charge on any atom is -0.456 e. The van der Waals surface area contributed by atoms with E-state index < -0.39 is 24.3 Å². The lowest BCUT2D eigenvalue weighted by Crippen LogP contribution is -2.25. The molecule has 0 aliphatic rings. The number of ether oxygens (including phenoxy) is 1. The second-order valence-corrected chi connectivity index (χ2v) is 4.72. The van der Waals surface area contributed by atoms with Gasteiger partial charge in [0, 0.05) is 0 Å². The van der Waals surface area contributed by atoms with Crippen LogP contribution in [0.1, 0.15) is 31.1 Å². The van der Waals surface area contributed by atoms with Crippen molar-refractivity contribution in [2.24, 2.45) is 0 Å². The quantitative estimate of drug-likeness (QED) is 0.830. The molecule has 1 aromatic heterocycles. The highest BCUT2D eigenvalue weighted by Gasteiger charge is 2.31. The Balaban J connectivity index is 2.90. The number of hydrogen-bond acceptors (Lipinski definition) is 4. The highest BCUT2D eigenvalue weighted by molar-refractivity contribution is 5.94. The first-order valence-corrected chi connectivity index (χ1v) is 5.11. The minimum absolute atomic E-state index is 0.172. The second kappa shape index (κ2) is 4.51. The van der Waals surface area contributed by atoms with E-state index in [4.69, 9.17) is 10.5 Å². The lowest BCUT2D eigenvalue weighted by molar-refractivity contribution is -0.142. The van der Waals surface area contributed by atoms with Crippen LogP contribution < -0.4 is 5.73 Å². The van der Waals surface area contributed by atoms with E-state index in [1.54, 1.807) is 20.8 Å². The molecule has 0 aromatic carbocycles. The molecule has 8 heteroatoms. The van der Waals surface area contributed by atoms with E-state index >= 15 is 0 Å². The maximum absolute atomic E-state index is 12.2. The van der Waals surface area contributed by atoms with Crippen LogP contribution in [0.25, 0.3) is 0 Å². The zero-order valence-electron chi connectivity index (χ0n) is 10.2. The monoisotopic (exact) mass is 265 g/mol. The Morgan fingerprint density at radius 1 is 1.44 bits per heavy atom. The van der Waals surface area contributed by atoms with Gasteiger partial charge in [-0.25, -0.2) is 9.48 Å².